The number of aryl methyl sites for hydroxylation is 3. The van der Waals surface area contributed by atoms with E-state index in [1.54, 1.807) is 20.2 Å². The molecule has 0 amide bonds. The molecule has 1 unspecified atom stereocenters. The number of ether oxygens (including phenoxy) is 2. The summed E-state index contributed by atoms with van der Waals surface area (Å²) < 4.78 is 45.6. The van der Waals surface area contributed by atoms with Crippen LogP contribution in [0.1, 0.15) is 80.4 Å². The number of hydrogen-bond acceptors (Lipinski definition) is 11. The van der Waals surface area contributed by atoms with E-state index in [1.807, 2.05) is 18.2 Å². The number of nitrogens with zero attached hydrogens (tertiary/aromatic N) is 4. The standard InChI is InChI=1S/C34H35N5O5S2.C3H8/c1-19-38-39-34(44-19)29-25(8-6-20-11-15-43-16-12-20)36-26-13-17-46(40,41)32(26)30(29)28-18-21-10-14-35-33(31(21)45-28)37-24-9-7-23-22(24)4-3-5-27(23)42-2;1-3-2/h3-5,10,14,18,20,24H,6-9,11-13,15-17H2,1-2H3,(H,35,37);3H2,1-2H3. The van der Waals surface area contributed by atoms with Gasteiger partial charge in [0.15, 0.2) is 9.84 Å². The van der Waals surface area contributed by atoms with Gasteiger partial charge in [-0.25, -0.2) is 13.4 Å². The first-order valence-corrected chi connectivity index (χ1v) is 19.8. The Morgan fingerprint density at radius 3 is 2.63 bits per heavy atom. The molecule has 4 aromatic heterocycles. The predicted molar refractivity (Wildman–Crippen MR) is 192 cm³/mol. The molecular formula is C37H43N5O5S2. The van der Waals surface area contributed by atoms with Gasteiger partial charge in [0.05, 0.1) is 45.5 Å². The Morgan fingerprint density at radius 1 is 1.06 bits per heavy atom. The number of hydrogen-bond donors (Lipinski definition) is 1. The lowest BCUT2D eigenvalue weighted by molar-refractivity contribution is 0.0639. The van der Waals surface area contributed by atoms with Crippen molar-refractivity contribution in [3.8, 4) is 27.6 Å². The van der Waals surface area contributed by atoms with Gasteiger partial charge in [-0.1, -0.05) is 32.4 Å². The van der Waals surface area contributed by atoms with Crippen LogP contribution in [0.3, 0.4) is 0 Å². The maximum Gasteiger partial charge on any atom is 0.250 e. The SMILES string of the molecule is CCC.COc1cccc2c1CCC2Nc1nccc2cc(-c3c(-c4nnc(C)o4)c(CCC4CCOCC4)nc4c3S(=O)(=O)CC4)sc12. The van der Waals surface area contributed by atoms with E-state index in [0.717, 1.165) is 77.5 Å². The fourth-order valence-corrected chi connectivity index (χ4v) is 10.2. The van der Waals surface area contributed by atoms with Crippen LogP contribution in [-0.2, 0) is 33.8 Å². The molecule has 49 heavy (non-hydrogen) atoms. The molecule has 1 aromatic carbocycles. The Balaban J connectivity index is 0.00000122. The van der Waals surface area contributed by atoms with Gasteiger partial charge in [0, 0.05) is 43.2 Å². The maximum absolute atomic E-state index is 13.7. The predicted octanol–water partition coefficient (Wildman–Crippen LogP) is 7.93. The van der Waals surface area contributed by atoms with Crippen molar-refractivity contribution in [1.29, 1.82) is 0 Å². The van der Waals surface area contributed by atoms with E-state index < -0.39 is 9.84 Å². The largest absolute Gasteiger partial charge is 0.496 e. The summed E-state index contributed by atoms with van der Waals surface area (Å²) in [5, 5.41) is 13.2. The van der Waals surface area contributed by atoms with Crippen LogP contribution in [0.15, 0.2) is 45.8 Å². The van der Waals surface area contributed by atoms with Gasteiger partial charge in [0.1, 0.15) is 11.6 Å². The van der Waals surface area contributed by atoms with Crippen molar-refractivity contribution >= 4 is 37.1 Å². The molecule has 1 N–H and O–H groups in total. The molecule has 8 rings (SSSR count). The average molecular weight is 702 g/mol. The lowest BCUT2D eigenvalue weighted by atomic mass is 9.91. The van der Waals surface area contributed by atoms with Crippen LogP contribution >= 0.6 is 11.3 Å². The van der Waals surface area contributed by atoms with Gasteiger partial charge >= 0.3 is 0 Å². The Labute approximate surface area is 291 Å². The van der Waals surface area contributed by atoms with Crippen molar-refractivity contribution in [2.45, 2.75) is 83.1 Å². The third-order valence-corrected chi connectivity index (χ3v) is 12.5. The van der Waals surface area contributed by atoms with Crippen LogP contribution in [0, 0.1) is 12.8 Å². The second-order valence-corrected chi connectivity index (χ2v) is 16.1. The molecule has 1 saturated heterocycles. The zero-order valence-corrected chi connectivity index (χ0v) is 30.2. The summed E-state index contributed by atoms with van der Waals surface area (Å²) in [6.07, 6.45) is 8.94. The number of thiophene rings is 1. The van der Waals surface area contributed by atoms with E-state index in [-0.39, 0.29) is 11.8 Å². The van der Waals surface area contributed by atoms with Gasteiger partial charge in [0.2, 0.25) is 11.8 Å². The highest BCUT2D eigenvalue weighted by molar-refractivity contribution is 7.91. The van der Waals surface area contributed by atoms with E-state index >= 15 is 0 Å². The quantitative estimate of drug-likeness (QED) is 0.170. The molecule has 5 aromatic rings. The fraction of sp³-hybridized carbons (Fsp3) is 0.459. The highest BCUT2D eigenvalue weighted by Gasteiger charge is 2.37. The Morgan fingerprint density at radius 2 is 1.88 bits per heavy atom. The fourth-order valence-electron chi connectivity index (χ4n) is 7.25. The normalized spacial score (nSPS) is 18.2. The van der Waals surface area contributed by atoms with Crippen LogP contribution in [0.2, 0.25) is 0 Å². The van der Waals surface area contributed by atoms with Crippen molar-refractivity contribution in [1.82, 2.24) is 20.2 Å². The number of fused-ring (bicyclic) bond motifs is 3. The maximum atomic E-state index is 13.7. The van der Waals surface area contributed by atoms with Crippen molar-refractivity contribution < 1.29 is 22.3 Å². The van der Waals surface area contributed by atoms with Crippen molar-refractivity contribution in [3.63, 3.8) is 0 Å². The molecule has 1 fully saturated rings. The number of pyridine rings is 2. The van der Waals surface area contributed by atoms with Gasteiger partial charge in [-0.2, -0.15) is 0 Å². The minimum absolute atomic E-state index is 0.0395. The van der Waals surface area contributed by atoms with Crippen LogP contribution in [0.4, 0.5) is 5.82 Å². The first-order chi connectivity index (χ1) is 23.8. The summed E-state index contributed by atoms with van der Waals surface area (Å²) in [6.45, 7) is 7.54. The zero-order chi connectivity index (χ0) is 34.1. The lowest BCUT2D eigenvalue weighted by Gasteiger charge is -2.22. The summed E-state index contributed by atoms with van der Waals surface area (Å²) in [6, 6.07) is 10.3. The van der Waals surface area contributed by atoms with E-state index in [1.165, 1.54) is 28.9 Å². The Kier molecular flexibility index (Phi) is 9.72. The molecule has 0 saturated carbocycles. The Hall–Kier alpha value is -3.87. The number of benzene rings is 1. The van der Waals surface area contributed by atoms with Gasteiger partial charge < -0.3 is 19.2 Å². The topological polar surface area (TPSA) is 129 Å². The van der Waals surface area contributed by atoms with E-state index in [4.69, 9.17) is 23.9 Å². The van der Waals surface area contributed by atoms with Crippen LogP contribution in [-0.4, -0.2) is 54.7 Å². The summed E-state index contributed by atoms with van der Waals surface area (Å²) in [5.41, 5.74) is 5.14. The molecule has 0 radical (unpaired) electrons. The van der Waals surface area contributed by atoms with Gasteiger partial charge in [-0.15, -0.1) is 21.5 Å². The molecule has 0 bridgehead atoms. The van der Waals surface area contributed by atoms with E-state index in [0.29, 0.717) is 52.3 Å². The number of anilines is 1. The summed E-state index contributed by atoms with van der Waals surface area (Å²) in [7, 11) is -1.86. The second kappa shape index (κ2) is 14.2. The molecule has 12 heteroatoms. The van der Waals surface area contributed by atoms with Crippen LogP contribution in [0.25, 0.3) is 32.0 Å². The summed E-state index contributed by atoms with van der Waals surface area (Å²) in [5.74, 6) is 2.97. The van der Waals surface area contributed by atoms with Crippen LogP contribution < -0.4 is 10.1 Å². The highest BCUT2D eigenvalue weighted by Crippen LogP contribution is 2.48. The molecule has 3 aliphatic rings. The number of aromatic nitrogens is 4. The summed E-state index contributed by atoms with van der Waals surface area (Å²) >= 11 is 1.54. The lowest BCUT2D eigenvalue weighted by Crippen LogP contribution is -2.16. The van der Waals surface area contributed by atoms with Crippen molar-refractivity contribution in [2.24, 2.45) is 5.92 Å². The first-order valence-electron chi connectivity index (χ1n) is 17.3. The number of nitrogens with one attached hydrogen (secondary N) is 1. The third-order valence-electron chi connectivity index (χ3n) is 9.52. The molecule has 1 aliphatic carbocycles. The molecule has 1 atom stereocenters. The second-order valence-electron chi connectivity index (χ2n) is 13.0. The van der Waals surface area contributed by atoms with Crippen molar-refractivity contribution in [2.75, 3.05) is 31.4 Å². The minimum Gasteiger partial charge on any atom is -0.496 e. The molecule has 0 spiro atoms. The molecule has 2 aliphatic heterocycles. The minimum atomic E-state index is -3.57. The number of rotatable bonds is 8. The van der Waals surface area contributed by atoms with E-state index in [9.17, 15) is 8.42 Å². The average Bonchev–Trinajstić information content (AvgIpc) is 3.90. The number of methoxy groups -OCH3 is 1. The van der Waals surface area contributed by atoms with E-state index in [2.05, 4.69) is 41.5 Å². The smallest absolute Gasteiger partial charge is 0.250 e. The first kappa shape index (κ1) is 33.6. The number of sulfone groups is 1. The molecule has 10 nitrogen and oxygen atoms in total. The Bertz CT molecular complexity index is 2080. The third kappa shape index (κ3) is 6.58. The molecule has 6 heterocycles. The van der Waals surface area contributed by atoms with Crippen LogP contribution in [0.5, 0.6) is 5.75 Å². The van der Waals surface area contributed by atoms with Crippen molar-refractivity contribution in [3.05, 3.63) is 64.9 Å². The highest BCUT2D eigenvalue weighted by atomic mass is 32.2. The van der Waals surface area contributed by atoms with Gasteiger partial charge in [0.25, 0.3) is 0 Å². The zero-order valence-electron chi connectivity index (χ0n) is 28.5. The monoisotopic (exact) mass is 701 g/mol. The summed E-state index contributed by atoms with van der Waals surface area (Å²) in [4.78, 5) is 10.9. The van der Waals surface area contributed by atoms with Gasteiger partial charge in [-0.05, 0) is 79.2 Å². The molecular weight excluding hydrogens is 659 g/mol. The molecule has 258 valence electrons. The van der Waals surface area contributed by atoms with Gasteiger partial charge in [-0.3, -0.25) is 4.98 Å².